The van der Waals surface area contributed by atoms with Gasteiger partial charge < -0.3 is 14.6 Å². The average molecular weight is 342 g/mol. The lowest BCUT2D eigenvalue weighted by atomic mass is 9.87. The minimum Gasteiger partial charge on any atom is -0.452 e. The Labute approximate surface area is 148 Å². The standard InChI is InChI=1S/C20H26N2O3/c1-4-22(5-2)19(23)12-25-20(24)14-7-9-18-16(11-14)15-10-13(3)6-8-17(15)21-18/h7,9,11,13,21H,4-6,8,10,12H2,1-3H3/t13-/m1/s1. The zero-order valence-electron chi connectivity index (χ0n) is 15.2. The Kier molecular flexibility index (Phi) is 5.11. The number of carbonyl (C=O) groups is 2. The van der Waals surface area contributed by atoms with Crippen molar-refractivity contribution >= 4 is 22.8 Å². The van der Waals surface area contributed by atoms with E-state index in [9.17, 15) is 9.59 Å². The number of hydrogen-bond acceptors (Lipinski definition) is 3. The van der Waals surface area contributed by atoms with Gasteiger partial charge in [-0.1, -0.05) is 6.92 Å². The van der Waals surface area contributed by atoms with Crippen molar-refractivity contribution in [3.8, 4) is 0 Å². The summed E-state index contributed by atoms with van der Waals surface area (Å²) in [5.74, 6) is 0.0577. The predicted octanol–water partition coefficient (Wildman–Crippen LogP) is 3.32. The van der Waals surface area contributed by atoms with Gasteiger partial charge in [0.1, 0.15) is 0 Å². The van der Waals surface area contributed by atoms with Crippen LogP contribution in [-0.2, 0) is 22.4 Å². The Balaban J connectivity index is 1.76. The Morgan fingerprint density at radius 1 is 1.28 bits per heavy atom. The fraction of sp³-hybridized carbons (Fsp3) is 0.500. The largest absolute Gasteiger partial charge is 0.452 e. The first kappa shape index (κ1) is 17.5. The second-order valence-corrected chi connectivity index (χ2v) is 6.83. The van der Waals surface area contributed by atoms with Gasteiger partial charge in [-0.15, -0.1) is 0 Å². The van der Waals surface area contributed by atoms with Gasteiger partial charge in [-0.05, 0) is 62.8 Å². The number of benzene rings is 1. The Morgan fingerprint density at radius 3 is 2.76 bits per heavy atom. The molecule has 1 amide bonds. The monoisotopic (exact) mass is 342 g/mol. The summed E-state index contributed by atoms with van der Waals surface area (Å²) < 4.78 is 5.22. The van der Waals surface area contributed by atoms with Gasteiger partial charge in [0.25, 0.3) is 5.91 Å². The molecule has 1 atom stereocenters. The highest BCUT2D eigenvalue weighted by Crippen LogP contribution is 2.32. The number of amides is 1. The number of hydrogen-bond donors (Lipinski definition) is 1. The molecular weight excluding hydrogens is 316 g/mol. The number of esters is 1. The second kappa shape index (κ2) is 7.30. The molecule has 0 aliphatic heterocycles. The van der Waals surface area contributed by atoms with Crippen LogP contribution in [0.25, 0.3) is 10.9 Å². The van der Waals surface area contributed by atoms with Gasteiger partial charge in [-0.25, -0.2) is 4.79 Å². The molecule has 1 aromatic heterocycles. The second-order valence-electron chi connectivity index (χ2n) is 6.83. The third-order valence-corrected chi connectivity index (χ3v) is 5.11. The van der Waals surface area contributed by atoms with Gasteiger partial charge >= 0.3 is 5.97 Å². The summed E-state index contributed by atoms with van der Waals surface area (Å²) in [4.78, 5) is 29.5. The van der Waals surface area contributed by atoms with Crippen LogP contribution in [0.15, 0.2) is 18.2 Å². The number of aromatic amines is 1. The highest BCUT2D eigenvalue weighted by molar-refractivity contribution is 5.97. The third kappa shape index (κ3) is 3.55. The summed E-state index contributed by atoms with van der Waals surface area (Å²) in [6, 6.07) is 5.59. The van der Waals surface area contributed by atoms with Crippen LogP contribution in [0.4, 0.5) is 0 Å². The van der Waals surface area contributed by atoms with Crippen LogP contribution in [0.1, 0.15) is 48.8 Å². The summed E-state index contributed by atoms with van der Waals surface area (Å²) in [7, 11) is 0. The van der Waals surface area contributed by atoms with E-state index in [4.69, 9.17) is 4.74 Å². The van der Waals surface area contributed by atoms with Crippen molar-refractivity contribution in [3.05, 3.63) is 35.0 Å². The van der Waals surface area contributed by atoms with E-state index in [0.29, 0.717) is 24.6 Å². The van der Waals surface area contributed by atoms with Crippen molar-refractivity contribution in [1.82, 2.24) is 9.88 Å². The molecule has 0 bridgehead atoms. The van der Waals surface area contributed by atoms with E-state index in [1.807, 2.05) is 26.0 Å². The summed E-state index contributed by atoms with van der Waals surface area (Å²) >= 11 is 0. The number of fused-ring (bicyclic) bond motifs is 3. The van der Waals surface area contributed by atoms with Crippen molar-refractivity contribution in [1.29, 1.82) is 0 Å². The highest BCUT2D eigenvalue weighted by Gasteiger charge is 2.21. The quantitative estimate of drug-likeness (QED) is 0.848. The maximum Gasteiger partial charge on any atom is 0.338 e. The molecule has 1 aromatic carbocycles. The van der Waals surface area contributed by atoms with E-state index in [2.05, 4.69) is 11.9 Å². The molecule has 1 aliphatic rings. The predicted molar refractivity (Wildman–Crippen MR) is 97.7 cm³/mol. The smallest absolute Gasteiger partial charge is 0.338 e. The van der Waals surface area contributed by atoms with Gasteiger partial charge in [-0.2, -0.15) is 0 Å². The summed E-state index contributed by atoms with van der Waals surface area (Å²) in [6.45, 7) is 7.11. The lowest BCUT2D eigenvalue weighted by Gasteiger charge is -2.18. The van der Waals surface area contributed by atoms with Crippen molar-refractivity contribution in [3.63, 3.8) is 0 Å². The molecular formula is C20H26N2O3. The van der Waals surface area contributed by atoms with Gasteiger partial charge in [0, 0.05) is 29.7 Å². The molecule has 0 spiro atoms. The van der Waals surface area contributed by atoms with Gasteiger partial charge in [0.05, 0.1) is 5.56 Å². The first-order chi connectivity index (χ1) is 12.0. The van der Waals surface area contributed by atoms with Crippen molar-refractivity contribution in [2.45, 2.75) is 40.0 Å². The molecule has 0 saturated heterocycles. The Bertz CT molecular complexity index is 790. The minimum absolute atomic E-state index is 0.160. The molecule has 0 radical (unpaired) electrons. The number of ether oxygens (including phenoxy) is 1. The van der Waals surface area contributed by atoms with Gasteiger partial charge in [0.15, 0.2) is 6.61 Å². The number of carbonyl (C=O) groups excluding carboxylic acids is 2. The number of aryl methyl sites for hydroxylation is 1. The number of nitrogens with zero attached hydrogens (tertiary/aromatic N) is 1. The van der Waals surface area contributed by atoms with Gasteiger partial charge in [-0.3, -0.25) is 4.79 Å². The molecule has 1 N–H and O–H groups in total. The van der Waals surface area contributed by atoms with Crippen LogP contribution in [0.5, 0.6) is 0 Å². The molecule has 134 valence electrons. The first-order valence-electron chi connectivity index (χ1n) is 9.11. The topological polar surface area (TPSA) is 62.4 Å². The number of nitrogens with one attached hydrogen (secondary N) is 1. The maximum atomic E-state index is 12.3. The molecule has 0 unspecified atom stereocenters. The Hall–Kier alpha value is -2.30. The lowest BCUT2D eigenvalue weighted by Crippen LogP contribution is -2.34. The molecule has 5 heteroatoms. The fourth-order valence-electron chi connectivity index (χ4n) is 3.60. The molecule has 0 fully saturated rings. The van der Waals surface area contributed by atoms with E-state index in [1.54, 1.807) is 11.0 Å². The summed E-state index contributed by atoms with van der Waals surface area (Å²) in [6.07, 6.45) is 3.29. The van der Waals surface area contributed by atoms with Crippen LogP contribution < -0.4 is 0 Å². The zero-order valence-corrected chi connectivity index (χ0v) is 15.2. The van der Waals surface area contributed by atoms with Crippen LogP contribution in [0, 0.1) is 5.92 Å². The number of aromatic nitrogens is 1. The van der Waals surface area contributed by atoms with Crippen LogP contribution in [0.2, 0.25) is 0 Å². The van der Waals surface area contributed by atoms with E-state index >= 15 is 0 Å². The van der Waals surface area contributed by atoms with E-state index in [1.165, 1.54) is 17.7 Å². The Morgan fingerprint density at radius 2 is 2.04 bits per heavy atom. The van der Waals surface area contributed by atoms with Crippen LogP contribution in [0.3, 0.4) is 0 Å². The average Bonchev–Trinajstić information content (AvgIpc) is 2.97. The SMILES string of the molecule is CCN(CC)C(=O)COC(=O)c1ccc2[nH]c3c(c2c1)C[C@H](C)CC3. The van der Waals surface area contributed by atoms with Crippen molar-refractivity contribution < 1.29 is 14.3 Å². The molecule has 25 heavy (non-hydrogen) atoms. The molecule has 3 rings (SSSR count). The molecule has 2 aromatic rings. The van der Waals surface area contributed by atoms with Crippen LogP contribution in [-0.4, -0.2) is 41.5 Å². The van der Waals surface area contributed by atoms with E-state index in [0.717, 1.165) is 23.7 Å². The van der Waals surface area contributed by atoms with E-state index < -0.39 is 5.97 Å². The summed E-state index contributed by atoms with van der Waals surface area (Å²) in [5.41, 5.74) is 4.17. The first-order valence-corrected chi connectivity index (χ1v) is 9.11. The van der Waals surface area contributed by atoms with Crippen molar-refractivity contribution in [2.24, 2.45) is 5.92 Å². The normalized spacial score (nSPS) is 16.5. The molecule has 1 aliphatic carbocycles. The van der Waals surface area contributed by atoms with E-state index in [-0.39, 0.29) is 12.5 Å². The minimum atomic E-state index is -0.443. The molecule has 0 saturated carbocycles. The third-order valence-electron chi connectivity index (χ3n) is 5.11. The van der Waals surface area contributed by atoms with Gasteiger partial charge in [0.2, 0.25) is 0 Å². The number of likely N-dealkylation sites (N-methyl/N-ethyl adjacent to an activating group) is 1. The lowest BCUT2D eigenvalue weighted by molar-refractivity contribution is -0.134. The maximum absolute atomic E-state index is 12.3. The summed E-state index contributed by atoms with van der Waals surface area (Å²) in [5, 5.41) is 1.10. The number of H-pyrrole nitrogens is 1. The molecule has 1 heterocycles. The zero-order chi connectivity index (χ0) is 18.0. The van der Waals surface area contributed by atoms with Crippen LogP contribution >= 0.6 is 0 Å². The van der Waals surface area contributed by atoms with Crippen molar-refractivity contribution in [2.75, 3.05) is 19.7 Å². The highest BCUT2D eigenvalue weighted by atomic mass is 16.5. The molecule has 5 nitrogen and oxygen atoms in total. The number of rotatable bonds is 5. The fourth-order valence-corrected chi connectivity index (χ4v) is 3.60.